The average molecular weight is 215 g/mol. The highest BCUT2D eigenvalue weighted by molar-refractivity contribution is 5.54. The first kappa shape index (κ1) is 9.63. The second-order valence-corrected chi connectivity index (χ2v) is 2.65. The van der Waals surface area contributed by atoms with E-state index in [9.17, 15) is 13.2 Å². The van der Waals surface area contributed by atoms with Gasteiger partial charge in [0.05, 0.1) is 5.56 Å². The Hall–Kier alpha value is -1.92. The molecule has 15 heavy (non-hydrogen) atoms. The summed E-state index contributed by atoms with van der Waals surface area (Å²) in [6, 6.07) is 2.12. The lowest BCUT2D eigenvalue weighted by Crippen LogP contribution is -2.08. The summed E-state index contributed by atoms with van der Waals surface area (Å²) in [6.07, 6.45) is -2.30. The Bertz CT molecular complexity index is 452. The molecule has 4 nitrogen and oxygen atoms in total. The fourth-order valence-electron chi connectivity index (χ4n) is 1.09. The Morgan fingerprint density at radius 3 is 2.60 bits per heavy atom. The molecule has 0 atom stereocenters. The Kier molecular flexibility index (Phi) is 2.14. The van der Waals surface area contributed by atoms with Gasteiger partial charge in [-0.1, -0.05) is 5.16 Å². The quantitative estimate of drug-likeness (QED) is 0.731. The molecule has 0 N–H and O–H groups in total. The van der Waals surface area contributed by atoms with Crippen LogP contribution >= 0.6 is 0 Å². The van der Waals surface area contributed by atoms with Gasteiger partial charge in [-0.25, -0.2) is 0 Å². The number of pyridine rings is 1. The number of nitrogens with zero attached hydrogens (tertiary/aromatic N) is 3. The predicted molar refractivity (Wildman–Crippen MR) is 42.5 cm³/mol. The number of aromatic nitrogens is 3. The molecular formula is C8H4F3N3O. The third-order valence-electron chi connectivity index (χ3n) is 1.69. The third-order valence-corrected chi connectivity index (χ3v) is 1.69. The number of hydrogen-bond donors (Lipinski definition) is 0. The molecule has 0 bridgehead atoms. The van der Waals surface area contributed by atoms with Crippen LogP contribution in [-0.2, 0) is 6.18 Å². The van der Waals surface area contributed by atoms with Crippen LogP contribution < -0.4 is 0 Å². The molecule has 78 valence electrons. The Morgan fingerprint density at radius 1 is 1.20 bits per heavy atom. The van der Waals surface area contributed by atoms with Gasteiger partial charge in [0.2, 0.25) is 12.2 Å². The minimum absolute atomic E-state index is 0.178. The standard InChI is InChI=1S/C8H4F3N3O/c9-8(10,11)5-2-1-3-12-6(5)7-13-4-15-14-7/h1-4H. The maximum Gasteiger partial charge on any atom is 0.418 e. The lowest BCUT2D eigenvalue weighted by atomic mass is 10.2. The maximum atomic E-state index is 12.5. The van der Waals surface area contributed by atoms with Crippen LogP contribution in [0.2, 0.25) is 0 Å². The molecule has 0 saturated carbocycles. The van der Waals surface area contributed by atoms with Crippen molar-refractivity contribution in [3.05, 3.63) is 30.3 Å². The van der Waals surface area contributed by atoms with E-state index in [0.717, 1.165) is 12.5 Å². The summed E-state index contributed by atoms with van der Waals surface area (Å²) < 4.78 is 41.9. The third kappa shape index (κ3) is 1.80. The first-order valence-electron chi connectivity index (χ1n) is 3.88. The Morgan fingerprint density at radius 2 is 2.00 bits per heavy atom. The molecule has 0 aliphatic carbocycles. The van der Waals surface area contributed by atoms with Gasteiger partial charge in [-0.05, 0) is 12.1 Å². The van der Waals surface area contributed by atoms with Crippen molar-refractivity contribution in [2.75, 3.05) is 0 Å². The smallest absolute Gasteiger partial charge is 0.342 e. The van der Waals surface area contributed by atoms with E-state index in [4.69, 9.17) is 0 Å². The molecule has 0 radical (unpaired) electrons. The van der Waals surface area contributed by atoms with E-state index in [1.54, 1.807) is 0 Å². The molecule has 0 saturated heterocycles. The molecule has 2 heterocycles. The molecule has 2 aromatic rings. The first-order valence-corrected chi connectivity index (χ1v) is 3.88. The molecular weight excluding hydrogens is 211 g/mol. The van der Waals surface area contributed by atoms with Gasteiger partial charge in [0.25, 0.3) is 0 Å². The second kappa shape index (κ2) is 3.34. The second-order valence-electron chi connectivity index (χ2n) is 2.65. The zero-order valence-electron chi connectivity index (χ0n) is 7.19. The molecule has 2 aromatic heterocycles. The zero-order chi connectivity index (χ0) is 10.9. The molecule has 0 unspecified atom stereocenters. The highest BCUT2D eigenvalue weighted by Gasteiger charge is 2.35. The van der Waals surface area contributed by atoms with Crippen molar-refractivity contribution in [3.8, 4) is 11.5 Å². The molecule has 0 fully saturated rings. The summed E-state index contributed by atoms with van der Waals surface area (Å²) in [5.74, 6) is -0.178. The molecule has 7 heteroatoms. The van der Waals surface area contributed by atoms with Gasteiger partial charge < -0.3 is 4.52 Å². The van der Waals surface area contributed by atoms with Gasteiger partial charge in [0.15, 0.2) is 0 Å². The first-order chi connectivity index (χ1) is 7.09. The van der Waals surface area contributed by atoms with Crippen molar-refractivity contribution < 1.29 is 17.7 Å². The normalized spacial score (nSPS) is 11.7. The summed E-state index contributed by atoms with van der Waals surface area (Å²) in [5, 5.41) is 3.31. The summed E-state index contributed by atoms with van der Waals surface area (Å²) in [7, 11) is 0. The van der Waals surface area contributed by atoms with Crippen molar-refractivity contribution >= 4 is 0 Å². The van der Waals surface area contributed by atoms with Crippen molar-refractivity contribution in [1.82, 2.24) is 15.1 Å². The van der Waals surface area contributed by atoms with Crippen LogP contribution in [0.1, 0.15) is 5.56 Å². The van der Waals surface area contributed by atoms with Gasteiger partial charge >= 0.3 is 6.18 Å². The van der Waals surface area contributed by atoms with Crippen LogP contribution in [0.3, 0.4) is 0 Å². The monoisotopic (exact) mass is 215 g/mol. The SMILES string of the molecule is FC(F)(F)c1cccnc1-c1ncon1. The summed E-state index contributed by atoms with van der Waals surface area (Å²) in [5.41, 5.74) is -1.22. The minimum Gasteiger partial charge on any atom is -0.342 e. The number of hydrogen-bond acceptors (Lipinski definition) is 4. The van der Waals surface area contributed by atoms with Gasteiger partial charge in [-0.15, -0.1) is 0 Å². The average Bonchev–Trinajstić information content (AvgIpc) is 2.69. The topological polar surface area (TPSA) is 51.8 Å². The van der Waals surface area contributed by atoms with E-state index < -0.39 is 11.7 Å². The number of halogens is 3. The van der Waals surface area contributed by atoms with Crippen LogP contribution in [-0.4, -0.2) is 15.1 Å². The van der Waals surface area contributed by atoms with E-state index in [2.05, 4.69) is 19.6 Å². The fourth-order valence-corrected chi connectivity index (χ4v) is 1.09. The van der Waals surface area contributed by atoms with Crippen molar-refractivity contribution in [3.63, 3.8) is 0 Å². The highest BCUT2D eigenvalue weighted by Crippen LogP contribution is 2.34. The largest absolute Gasteiger partial charge is 0.418 e. The van der Waals surface area contributed by atoms with Crippen LogP contribution in [0.25, 0.3) is 11.5 Å². The van der Waals surface area contributed by atoms with E-state index in [1.807, 2.05) is 0 Å². The van der Waals surface area contributed by atoms with Gasteiger partial charge in [-0.2, -0.15) is 18.2 Å². The maximum absolute atomic E-state index is 12.5. The Balaban J connectivity index is 2.58. The molecule has 2 rings (SSSR count). The predicted octanol–water partition coefficient (Wildman–Crippen LogP) is 2.15. The van der Waals surface area contributed by atoms with E-state index >= 15 is 0 Å². The summed E-state index contributed by atoms with van der Waals surface area (Å²) in [4.78, 5) is 7.10. The van der Waals surface area contributed by atoms with Crippen molar-refractivity contribution in [2.45, 2.75) is 6.18 Å². The molecule has 0 aliphatic heterocycles. The van der Waals surface area contributed by atoms with Crippen LogP contribution in [0, 0.1) is 0 Å². The van der Waals surface area contributed by atoms with Crippen molar-refractivity contribution in [2.24, 2.45) is 0 Å². The zero-order valence-corrected chi connectivity index (χ0v) is 7.19. The van der Waals surface area contributed by atoms with E-state index in [1.165, 1.54) is 12.3 Å². The minimum atomic E-state index is -4.48. The van der Waals surface area contributed by atoms with Gasteiger partial charge in [0.1, 0.15) is 5.69 Å². The summed E-state index contributed by atoms with van der Waals surface area (Å²) in [6.45, 7) is 0. The van der Waals surface area contributed by atoms with Crippen LogP contribution in [0.15, 0.2) is 29.2 Å². The lowest BCUT2D eigenvalue weighted by molar-refractivity contribution is -0.137. The van der Waals surface area contributed by atoms with Crippen molar-refractivity contribution in [1.29, 1.82) is 0 Å². The molecule has 0 aromatic carbocycles. The number of rotatable bonds is 1. The van der Waals surface area contributed by atoms with Crippen LogP contribution in [0.4, 0.5) is 13.2 Å². The summed E-state index contributed by atoms with van der Waals surface area (Å²) >= 11 is 0. The fraction of sp³-hybridized carbons (Fsp3) is 0.125. The Labute approximate surface area is 81.8 Å². The molecule has 0 amide bonds. The van der Waals surface area contributed by atoms with E-state index in [-0.39, 0.29) is 11.5 Å². The molecule has 0 aliphatic rings. The highest BCUT2D eigenvalue weighted by atomic mass is 19.4. The van der Waals surface area contributed by atoms with Crippen LogP contribution in [0.5, 0.6) is 0 Å². The number of alkyl halides is 3. The van der Waals surface area contributed by atoms with Gasteiger partial charge in [-0.3, -0.25) is 4.98 Å². The molecule has 0 spiro atoms. The lowest BCUT2D eigenvalue weighted by Gasteiger charge is -2.08. The van der Waals surface area contributed by atoms with E-state index in [0.29, 0.717) is 0 Å². The van der Waals surface area contributed by atoms with Gasteiger partial charge in [0, 0.05) is 6.20 Å².